The lowest BCUT2D eigenvalue weighted by Crippen LogP contribution is -2.12. The van der Waals surface area contributed by atoms with Crippen LogP contribution in [0.4, 0.5) is 0 Å². The van der Waals surface area contributed by atoms with Crippen LogP contribution in [0.1, 0.15) is 19.8 Å². The summed E-state index contributed by atoms with van der Waals surface area (Å²) >= 11 is 0. The van der Waals surface area contributed by atoms with Gasteiger partial charge in [0.15, 0.2) is 0 Å². The summed E-state index contributed by atoms with van der Waals surface area (Å²) in [6.45, 7) is 5.80. The van der Waals surface area contributed by atoms with Crippen LogP contribution in [0.2, 0.25) is 0 Å². The Bertz CT molecular complexity index is 132. The zero-order valence-electron chi connectivity index (χ0n) is 7.01. The summed E-state index contributed by atoms with van der Waals surface area (Å²) in [6, 6.07) is 0. The summed E-state index contributed by atoms with van der Waals surface area (Å²) in [4.78, 5) is 13.0. The molecule has 0 saturated carbocycles. The summed E-state index contributed by atoms with van der Waals surface area (Å²) in [6.07, 6.45) is 1.43. The lowest BCUT2D eigenvalue weighted by molar-refractivity contribution is -0.143. The Kier molecular flexibility index (Phi) is 3.36. The minimum Gasteiger partial charge on any atom is -0.464 e. The molecule has 1 aliphatic rings. The topological polar surface area (TPSA) is 29.3 Å². The third kappa shape index (κ3) is 3.98. The van der Waals surface area contributed by atoms with Crippen LogP contribution < -0.4 is 0 Å². The van der Waals surface area contributed by atoms with E-state index in [9.17, 15) is 4.79 Å². The molecule has 1 rings (SSSR count). The van der Waals surface area contributed by atoms with Crippen molar-refractivity contribution < 1.29 is 9.53 Å². The van der Waals surface area contributed by atoms with Crippen LogP contribution >= 0.6 is 0 Å². The second-order valence-corrected chi connectivity index (χ2v) is 2.81. The van der Waals surface area contributed by atoms with E-state index in [1.165, 1.54) is 13.1 Å². The monoisotopic (exact) mass is 157 g/mol. The van der Waals surface area contributed by atoms with Gasteiger partial charge in [-0.25, -0.2) is 0 Å². The van der Waals surface area contributed by atoms with E-state index in [-0.39, 0.29) is 5.97 Å². The van der Waals surface area contributed by atoms with Crippen LogP contribution in [0, 0.1) is 0 Å². The maximum absolute atomic E-state index is 10.8. The fraction of sp³-hybridized carbons (Fsp3) is 0.875. The van der Waals surface area contributed by atoms with Gasteiger partial charge in [-0.3, -0.25) is 9.69 Å². The quantitative estimate of drug-likeness (QED) is 0.433. The predicted octanol–water partition coefficient (Wildman–Crippen LogP) is 0.645. The molecule has 1 heterocycles. The molecule has 1 fully saturated rings. The lowest BCUT2D eigenvalue weighted by Gasteiger charge is -2.02. The van der Waals surface area contributed by atoms with E-state index in [0.717, 1.165) is 13.0 Å². The number of carbonyl (C=O) groups excluding carboxylic acids is 1. The normalized spacial score (nSPS) is 16.5. The smallest absolute Gasteiger partial charge is 0.305 e. The Balaban J connectivity index is 1.88. The molecule has 11 heavy (non-hydrogen) atoms. The van der Waals surface area contributed by atoms with Gasteiger partial charge in [-0.2, -0.15) is 0 Å². The van der Waals surface area contributed by atoms with Gasteiger partial charge in [0.05, 0.1) is 0 Å². The molecule has 0 aromatic carbocycles. The predicted molar refractivity (Wildman–Crippen MR) is 42.3 cm³/mol. The third-order valence-corrected chi connectivity index (χ3v) is 1.66. The zero-order chi connectivity index (χ0) is 8.10. The molecular formula is C8H15NO2. The summed E-state index contributed by atoms with van der Waals surface area (Å²) in [5, 5.41) is 0. The molecule has 1 saturated heterocycles. The molecule has 0 bridgehead atoms. The molecule has 0 atom stereocenters. The molecule has 1 aliphatic heterocycles. The number of nitrogens with zero attached hydrogens (tertiary/aromatic N) is 1. The van der Waals surface area contributed by atoms with E-state index in [0.29, 0.717) is 13.0 Å². The van der Waals surface area contributed by atoms with E-state index in [4.69, 9.17) is 4.74 Å². The van der Waals surface area contributed by atoms with Crippen LogP contribution in [-0.4, -0.2) is 37.1 Å². The van der Waals surface area contributed by atoms with Gasteiger partial charge in [0.25, 0.3) is 0 Å². The Morgan fingerprint density at radius 1 is 1.55 bits per heavy atom. The Hall–Kier alpha value is -0.570. The number of rotatable bonds is 5. The molecule has 0 spiro atoms. The molecular weight excluding hydrogens is 142 g/mol. The van der Waals surface area contributed by atoms with Gasteiger partial charge in [-0.1, -0.05) is 6.92 Å². The molecule has 64 valence electrons. The van der Waals surface area contributed by atoms with Crippen LogP contribution in [0.3, 0.4) is 0 Å². The molecule has 0 unspecified atom stereocenters. The fourth-order valence-corrected chi connectivity index (χ4v) is 0.859. The van der Waals surface area contributed by atoms with Crippen molar-refractivity contribution in [1.29, 1.82) is 0 Å². The van der Waals surface area contributed by atoms with Crippen LogP contribution in [0.15, 0.2) is 0 Å². The maximum atomic E-state index is 10.8. The highest BCUT2D eigenvalue weighted by Crippen LogP contribution is 2.01. The molecule has 0 amide bonds. The van der Waals surface area contributed by atoms with Crippen molar-refractivity contribution in [2.24, 2.45) is 0 Å². The number of ether oxygens (including phenoxy) is 1. The van der Waals surface area contributed by atoms with E-state index in [1.807, 2.05) is 6.92 Å². The van der Waals surface area contributed by atoms with Crippen molar-refractivity contribution in [3.8, 4) is 0 Å². The Morgan fingerprint density at radius 3 is 2.82 bits per heavy atom. The van der Waals surface area contributed by atoms with Crippen molar-refractivity contribution >= 4 is 5.97 Å². The highest BCUT2D eigenvalue weighted by molar-refractivity contribution is 5.69. The number of hydrogen-bond donors (Lipinski definition) is 0. The average Bonchev–Trinajstić information content (AvgIpc) is 2.72. The van der Waals surface area contributed by atoms with Gasteiger partial charge in [0.1, 0.15) is 6.61 Å². The van der Waals surface area contributed by atoms with Crippen molar-refractivity contribution in [2.45, 2.75) is 19.8 Å². The molecule has 0 aromatic heterocycles. The van der Waals surface area contributed by atoms with Crippen molar-refractivity contribution in [2.75, 3.05) is 26.2 Å². The van der Waals surface area contributed by atoms with E-state index in [1.54, 1.807) is 0 Å². The first-order chi connectivity index (χ1) is 5.33. The van der Waals surface area contributed by atoms with Gasteiger partial charge in [-0.05, 0) is 6.42 Å². The highest BCUT2D eigenvalue weighted by atomic mass is 16.5. The standard InChI is InChI=1S/C8H15NO2/c1-2-3-8(10)11-7-6-9-4-5-9/h2-7H2,1H3. The summed E-state index contributed by atoms with van der Waals surface area (Å²) in [5.74, 6) is -0.0608. The number of esters is 1. The van der Waals surface area contributed by atoms with Gasteiger partial charge in [0.2, 0.25) is 0 Å². The van der Waals surface area contributed by atoms with Gasteiger partial charge in [-0.15, -0.1) is 0 Å². The first-order valence-corrected chi connectivity index (χ1v) is 4.21. The molecule has 0 N–H and O–H groups in total. The summed E-state index contributed by atoms with van der Waals surface area (Å²) in [7, 11) is 0. The van der Waals surface area contributed by atoms with E-state index < -0.39 is 0 Å². The largest absolute Gasteiger partial charge is 0.464 e. The van der Waals surface area contributed by atoms with Crippen LogP contribution in [0.5, 0.6) is 0 Å². The lowest BCUT2D eigenvalue weighted by atomic mass is 10.3. The zero-order valence-corrected chi connectivity index (χ0v) is 7.01. The second kappa shape index (κ2) is 4.34. The summed E-state index contributed by atoms with van der Waals surface area (Å²) < 4.78 is 4.95. The van der Waals surface area contributed by atoms with E-state index >= 15 is 0 Å². The third-order valence-electron chi connectivity index (χ3n) is 1.66. The van der Waals surface area contributed by atoms with Gasteiger partial charge in [0, 0.05) is 26.1 Å². The van der Waals surface area contributed by atoms with Crippen LogP contribution in [-0.2, 0) is 9.53 Å². The molecule has 3 heteroatoms. The Labute approximate surface area is 67.3 Å². The van der Waals surface area contributed by atoms with Crippen molar-refractivity contribution in [1.82, 2.24) is 4.90 Å². The van der Waals surface area contributed by atoms with Crippen molar-refractivity contribution in [3.63, 3.8) is 0 Å². The summed E-state index contributed by atoms with van der Waals surface area (Å²) in [5.41, 5.74) is 0. The Morgan fingerprint density at radius 2 is 2.27 bits per heavy atom. The first kappa shape index (κ1) is 8.53. The molecule has 0 radical (unpaired) electrons. The second-order valence-electron chi connectivity index (χ2n) is 2.81. The fourth-order valence-electron chi connectivity index (χ4n) is 0.859. The minimum absolute atomic E-state index is 0.0608. The van der Waals surface area contributed by atoms with Crippen LogP contribution in [0.25, 0.3) is 0 Å². The highest BCUT2D eigenvalue weighted by Gasteiger charge is 2.16. The average molecular weight is 157 g/mol. The number of carbonyl (C=O) groups is 1. The van der Waals surface area contributed by atoms with E-state index in [2.05, 4.69) is 4.90 Å². The molecule has 0 aliphatic carbocycles. The van der Waals surface area contributed by atoms with Gasteiger partial charge < -0.3 is 4.74 Å². The molecule has 3 nitrogen and oxygen atoms in total. The van der Waals surface area contributed by atoms with Crippen molar-refractivity contribution in [3.05, 3.63) is 0 Å². The first-order valence-electron chi connectivity index (χ1n) is 4.21. The number of hydrogen-bond acceptors (Lipinski definition) is 3. The van der Waals surface area contributed by atoms with Gasteiger partial charge >= 0.3 is 5.97 Å². The SMILES string of the molecule is CCCC(=O)OCCN1CC1. The minimum atomic E-state index is -0.0608. The maximum Gasteiger partial charge on any atom is 0.305 e. The molecule has 0 aromatic rings.